The van der Waals surface area contributed by atoms with E-state index in [1.54, 1.807) is 0 Å². The lowest BCUT2D eigenvalue weighted by Crippen LogP contribution is -2.46. The third-order valence-corrected chi connectivity index (χ3v) is 3.82. The molecule has 0 radical (unpaired) electrons. The quantitative estimate of drug-likeness (QED) is 0.566. The Hall–Kier alpha value is -1.14. The molecule has 1 aliphatic rings. The number of isothiocyanates is 1. The minimum absolute atomic E-state index is 0.0268. The van der Waals surface area contributed by atoms with Gasteiger partial charge < -0.3 is 16.0 Å². The van der Waals surface area contributed by atoms with Crippen LogP contribution in [0.15, 0.2) is 35.3 Å². The zero-order valence-corrected chi connectivity index (χ0v) is 13.7. The summed E-state index contributed by atoms with van der Waals surface area (Å²) in [6.07, 6.45) is 0.0268. The smallest absolute Gasteiger partial charge is 0.125 e. The van der Waals surface area contributed by atoms with Crippen LogP contribution in [0.1, 0.15) is 5.56 Å². The van der Waals surface area contributed by atoms with Crippen LogP contribution >= 0.6 is 12.2 Å². The molecule has 2 rings (SSSR count). The SMILES string of the molecule is S=C=NC1CNCCNCCNCCN1Cc1ccccc1. The van der Waals surface area contributed by atoms with Crippen LogP contribution < -0.4 is 16.0 Å². The Morgan fingerprint density at radius 1 is 1.05 bits per heavy atom. The molecule has 6 heteroatoms. The molecule has 3 N–H and O–H groups in total. The molecule has 1 aromatic rings. The maximum atomic E-state index is 4.84. The third kappa shape index (κ3) is 6.32. The van der Waals surface area contributed by atoms with Gasteiger partial charge in [-0.25, -0.2) is 4.99 Å². The largest absolute Gasteiger partial charge is 0.314 e. The molecule has 1 unspecified atom stereocenters. The van der Waals surface area contributed by atoms with Crippen LogP contribution in [-0.4, -0.2) is 62.0 Å². The molecule has 0 saturated carbocycles. The third-order valence-electron chi connectivity index (χ3n) is 3.71. The van der Waals surface area contributed by atoms with Gasteiger partial charge in [0.1, 0.15) is 6.17 Å². The second kappa shape index (κ2) is 10.6. The molecule has 0 aromatic heterocycles. The Morgan fingerprint density at radius 3 is 2.45 bits per heavy atom. The average molecular weight is 319 g/mol. The van der Waals surface area contributed by atoms with Gasteiger partial charge in [0, 0.05) is 52.4 Å². The number of aliphatic imine (C=N–C) groups is 1. The first-order valence-corrected chi connectivity index (χ1v) is 8.28. The van der Waals surface area contributed by atoms with Crippen LogP contribution in [0.2, 0.25) is 0 Å². The maximum Gasteiger partial charge on any atom is 0.125 e. The summed E-state index contributed by atoms with van der Waals surface area (Å²) < 4.78 is 0. The molecular formula is C16H25N5S. The Kier molecular flexibility index (Phi) is 8.27. The van der Waals surface area contributed by atoms with E-state index in [4.69, 9.17) is 12.2 Å². The molecule has 1 aliphatic heterocycles. The van der Waals surface area contributed by atoms with E-state index in [0.29, 0.717) is 0 Å². The Morgan fingerprint density at radius 2 is 1.73 bits per heavy atom. The van der Waals surface area contributed by atoms with Gasteiger partial charge in [-0.1, -0.05) is 30.3 Å². The van der Waals surface area contributed by atoms with Crippen molar-refractivity contribution in [2.24, 2.45) is 4.99 Å². The van der Waals surface area contributed by atoms with Crippen molar-refractivity contribution in [2.45, 2.75) is 12.7 Å². The van der Waals surface area contributed by atoms with Gasteiger partial charge in [-0.2, -0.15) is 0 Å². The average Bonchev–Trinajstić information content (AvgIpc) is 2.54. The van der Waals surface area contributed by atoms with Crippen molar-refractivity contribution in [1.82, 2.24) is 20.9 Å². The zero-order valence-electron chi connectivity index (χ0n) is 12.9. The summed E-state index contributed by atoms with van der Waals surface area (Å²) in [6, 6.07) is 10.5. The van der Waals surface area contributed by atoms with Crippen molar-refractivity contribution in [3.63, 3.8) is 0 Å². The molecule has 1 saturated heterocycles. The highest BCUT2D eigenvalue weighted by molar-refractivity contribution is 7.78. The van der Waals surface area contributed by atoms with Crippen LogP contribution in [0.25, 0.3) is 0 Å². The Balaban J connectivity index is 2.04. The number of hydrogen-bond acceptors (Lipinski definition) is 6. The van der Waals surface area contributed by atoms with E-state index in [-0.39, 0.29) is 6.17 Å². The summed E-state index contributed by atoms with van der Waals surface area (Å²) in [5.41, 5.74) is 1.29. The van der Waals surface area contributed by atoms with E-state index in [2.05, 4.69) is 55.3 Å². The number of nitrogens with zero attached hydrogens (tertiary/aromatic N) is 2. The van der Waals surface area contributed by atoms with Gasteiger partial charge >= 0.3 is 0 Å². The molecule has 1 atom stereocenters. The first-order chi connectivity index (χ1) is 10.9. The molecular weight excluding hydrogens is 294 g/mol. The molecule has 0 spiro atoms. The predicted octanol–water partition coefficient (Wildman–Crippen LogP) is 0.700. The molecule has 1 fully saturated rings. The molecule has 0 amide bonds. The highest BCUT2D eigenvalue weighted by Crippen LogP contribution is 2.08. The first kappa shape index (κ1) is 17.2. The van der Waals surface area contributed by atoms with Gasteiger partial charge in [-0.05, 0) is 17.8 Å². The molecule has 1 aromatic carbocycles. The Bertz CT molecular complexity index is 461. The predicted molar refractivity (Wildman–Crippen MR) is 94.3 cm³/mol. The van der Waals surface area contributed by atoms with Crippen molar-refractivity contribution >= 4 is 17.4 Å². The minimum Gasteiger partial charge on any atom is -0.314 e. The molecule has 1 heterocycles. The van der Waals surface area contributed by atoms with E-state index in [1.807, 2.05) is 6.07 Å². The van der Waals surface area contributed by atoms with Gasteiger partial charge in [0.2, 0.25) is 0 Å². The second-order valence-corrected chi connectivity index (χ2v) is 5.54. The van der Waals surface area contributed by atoms with Crippen molar-refractivity contribution in [1.29, 1.82) is 0 Å². The van der Waals surface area contributed by atoms with E-state index in [1.165, 1.54) is 5.56 Å². The molecule has 22 heavy (non-hydrogen) atoms. The fraction of sp³-hybridized carbons (Fsp3) is 0.562. The first-order valence-electron chi connectivity index (χ1n) is 7.87. The Labute approximate surface area is 138 Å². The molecule has 0 aliphatic carbocycles. The topological polar surface area (TPSA) is 51.7 Å². The van der Waals surface area contributed by atoms with Gasteiger partial charge in [0.05, 0.1) is 5.16 Å². The lowest BCUT2D eigenvalue weighted by molar-refractivity contribution is 0.189. The molecule has 5 nitrogen and oxygen atoms in total. The van der Waals surface area contributed by atoms with Crippen LogP contribution in [0.4, 0.5) is 0 Å². The molecule has 120 valence electrons. The van der Waals surface area contributed by atoms with Crippen molar-refractivity contribution < 1.29 is 0 Å². The number of hydrogen-bond donors (Lipinski definition) is 3. The number of thiocarbonyl (C=S) groups is 1. The normalized spacial score (nSPS) is 22.1. The lowest BCUT2D eigenvalue weighted by Gasteiger charge is -2.29. The maximum absolute atomic E-state index is 4.84. The van der Waals surface area contributed by atoms with Crippen molar-refractivity contribution in [3.05, 3.63) is 35.9 Å². The monoisotopic (exact) mass is 319 g/mol. The van der Waals surface area contributed by atoms with E-state index < -0.39 is 0 Å². The van der Waals surface area contributed by atoms with Crippen LogP contribution in [0.5, 0.6) is 0 Å². The van der Waals surface area contributed by atoms with Gasteiger partial charge in [0.15, 0.2) is 0 Å². The van der Waals surface area contributed by atoms with Crippen LogP contribution in [0, 0.1) is 0 Å². The minimum atomic E-state index is 0.0268. The van der Waals surface area contributed by atoms with Crippen LogP contribution in [-0.2, 0) is 6.54 Å². The van der Waals surface area contributed by atoms with Gasteiger partial charge in [-0.3, -0.25) is 4.90 Å². The summed E-state index contributed by atoms with van der Waals surface area (Å²) in [5.74, 6) is 0. The highest BCUT2D eigenvalue weighted by Gasteiger charge is 2.17. The summed E-state index contributed by atoms with van der Waals surface area (Å²) >= 11 is 4.84. The highest BCUT2D eigenvalue weighted by atomic mass is 32.1. The van der Waals surface area contributed by atoms with E-state index in [0.717, 1.165) is 52.4 Å². The van der Waals surface area contributed by atoms with Gasteiger partial charge in [-0.15, -0.1) is 0 Å². The standard InChI is InChI=1S/C16H25N5S/c22-14-20-16-12-19-9-8-17-6-7-18-10-11-21(16)13-15-4-2-1-3-5-15/h1-5,16-19H,6-13H2. The van der Waals surface area contributed by atoms with E-state index in [9.17, 15) is 0 Å². The number of benzene rings is 1. The van der Waals surface area contributed by atoms with Crippen molar-refractivity contribution in [2.75, 3.05) is 45.8 Å². The summed E-state index contributed by atoms with van der Waals surface area (Å²) in [5, 5.41) is 12.9. The van der Waals surface area contributed by atoms with Gasteiger partial charge in [0.25, 0.3) is 0 Å². The molecule has 0 bridgehead atoms. The lowest BCUT2D eigenvalue weighted by atomic mass is 10.2. The fourth-order valence-corrected chi connectivity index (χ4v) is 2.65. The van der Waals surface area contributed by atoms with E-state index >= 15 is 0 Å². The number of nitrogens with one attached hydrogen (secondary N) is 3. The van der Waals surface area contributed by atoms with Crippen LogP contribution in [0.3, 0.4) is 0 Å². The summed E-state index contributed by atoms with van der Waals surface area (Å²) in [7, 11) is 0. The summed E-state index contributed by atoms with van der Waals surface area (Å²) in [6.45, 7) is 7.42. The fourth-order valence-electron chi connectivity index (χ4n) is 2.53. The zero-order chi connectivity index (χ0) is 15.5. The second-order valence-electron chi connectivity index (χ2n) is 5.36. The summed E-state index contributed by atoms with van der Waals surface area (Å²) in [4.78, 5) is 6.72. The van der Waals surface area contributed by atoms with Crippen molar-refractivity contribution in [3.8, 4) is 0 Å². The number of rotatable bonds is 3.